The zero-order valence-corrected chi connectivity index (χ0v) is 29.6. The summed E-state index contributed by atoms with van der Waals surface area (Å²) in [6.07, 6.45) is 8.15. The van der Waals surface area contributed by atoms with Gasteiger partial charge in [-0.1, -0.05) is 139 Å². The molecule has 0 amide bonds. The lowest BCUT2D eigenvalue weighted by molar-refractivity contribution is 0.672. The molecule has 10 aromatic rings. The van der Waals surface area contributed by atoms with E-state index in [1.807, 2.05) is 137 Å². The van der Waals surface area contributed by atoms with E-state index < -0.39 is 12.1 Å². The van der Waals surface area contributed by atoms with Gasteiger partial charge in [-0.3, -0.25) is 0 Å². The maximum Gasteiger partial charge on any atom is 0.143 e. The second-order valence-electron chi connectivity index (χ2n) is 13.8. The Morgan fingerprint density at radius 1 is 0.564 bits per heavy atom. The number of allylic oxidation sites excluding steroid dienone is 4. The van der Waals surface area contributed by atoms with Crippen LogP contribution < -0.4 is 4.90 Å². The number of hydrogen-bond acceptors (Lipinski definition) is 2. The van der Waals surface area contributed by atoms with Gasteiger partial charge in [-0.15, -0.1) is 0 Å². The number of nitrogens with zero attached hydrogens (tertiary/aromatic N) is 2. The third kappa shape index (κ3) is 5.12. The number of aromatic nitrogens is 1. The van der Waals surface area contributed by atoms with E-state index in [0.717, 1.165) is 51.3 Å². The molecule has 0 spiro atoms. The van der Waals surface area contributed by atoms with Crippen molar-refractivity contribution in [2.24, 2.45) is 0 Å². The molecule has 260 valence electrons. The normalized spacial score (nSPS) is 15.0. The van der Waals surface area contributed by atoms with Crippen LogP contribution in [0.2, 0.25) is 0 Å². The number of benzene rings is 8. The number of fused-ring (bicyclic) bond motifs is 8. The van der Waals surface area contributed by atoms with Gasteiger partial charge < -0.3 is 13.9 Å². The molecule has 0 saturated heterocycles. The van der Waals surface area contributed by atoms with Crippen molar-refractivity contribution in [1.29, 1.82) is 0 Å². The second-order valence-corrected chi connectivity index (χ2v) is 13.8. The van der Waals surface area contributed by atoms with Crippen LogP contribution in [0.15, 0.2) is 198 Å². The smallest absolute Gasteiger partial charge is 0.143 e. The Hall–Kier alpha value is -7.10. The summed E-state index contributed by atoms with van der Waals surface area (Å²) in [7, 11) is 0. The highest BCUT2D eigenvalue weighted by Gasteiger charge is 2.23. The van der Waals surface area contributed by atoms with E-state index in [4.69, 9.17) is 8.53 Å². The van der Waals surface area contributed by atoms with Crippen LogP contribution in [0.5, 0.6) is 0 Å². The van der Waals surface area contributed by atoms with Crippen LogP contribution in [0.25, 0.3) is 76.9 Å². The molecule has 1 aliphatic carbocycles. The predicted molar refractivity (Wildman–Crippen MR) is 232 cm³/mol. The van der Waals surface area contributed by atoms with E-state index >= 15 is 0 Å². The van der Waals surface area contributed by atoms with E-state index in [9.17, 15) is 6.85 Å². The number of anilines is 3. The van der Waals surface area contributed by atoms with Gasteiger partial charge in [-0.05, 0) is 89.6 Å². The maximum absolute atomic E-state index is 10.4. The number of hydrogen-bond donors (Lipinski definition) is 0. The molecule has 0 unspecified atom stereocenters. The summed E-state index contributed by atoms with van der Waals surface area (Å²) in [5.74, 6) is 0. The van der Waals surface area contributed by atoms with Crippen molar-refractivity contribution in [3.8, 4) is 16.8 Å². The first-order valence-electron chi connectivity index (χ1n) is 22.4. The molecule has 3 nitrogen and oxygen atoms in total. The van der Waals surface area contributed by atoms with Crippen LogP contribution >= 0.6 is 0 Å². The van der Waals surface area contributed by atoms with E-state index in [0.29, 0.717) is 11.4 Å². The van der Waals surface area contributed by atoms with Crippen molar-refractivity contribution in [2.75, 3.05) is 4.90 Å². The lowest BCUT2D eigenvalue weighted by Crippen LogP contribution is -2.10. The third-order valence-electron chi connectivity index (χ3n) is 10.7. The van der Waals surface area contributed by atoms with Crippen LogP contribution in [0.4, 0.5) is 17.1 Å². The fraction of sp³-hybridized carbons (Fsp3) is 0.0385. The Bertz CT molecular complexity index is 3540. The largest absolute Gasteiger partial charge is 0.455 e. The monoisotopic (exact) mass is 712 g/mol. The fourth-order valence-corrected chi connectivity index (χ4v) is 8.10. The van der Waals surface area contributed by atoms with E-state index in [-0.39, 0.29) is 80.3 Å². The van der Waals surface area contributed by atoms with Crippen LogP contribution in [0.1, 0.15) is 29.4 Å². The average molecular weight is 713 g/mol. The molecular weight excluding hydrogens is 669 g/mol. The summed E-state index contributed by atoms with van der Waals surface area (Å²) in [5.41, 5.74) is 7.33. The molecule has 11 rings (SSSR count). The van der Waals surface area contributed by atoms with Gasteiger partial charge in [-0.2, -0.15) is 0 Å². The van der Waals surface area contributed by atoms with Gasteiger partial charge in [0.1, 0.15) is 11.2 Å². The van der Waals surface area contributed by atoms with E-state index in [1.54, 1.807) is 0 Å². The molecule has 0 N–H and O–H groups in total. The first-order chi connectivity index (χ1) is 30.6. The molecule has 0 saturated carbocycles. The van der Waals surface area contributed by atoms with Gasteiger partial charge >= 0.3 is 0 Å². The van der Waals surface area contributed by atoms with E-state index in [1.165, 1.54) is 5.57 Å². The fourth-order valence-electron chi connectivity index (χ4n) is 8.10. The van der Waals surface area contributed by atoms with Crippen LogP contribution in [0.3, 0.4) is 0 Å². The zero-order chi connectivity index (χ0) is 43.3. The lowest BCUT2D eigenvalue weighted by atomic mass is 9.97. The van der Waals surface area contributed by atoms with Crippen LogP contribution in [0, 0.1) is 0 Å². The van der Waals surface area contributed by atoms with Crippen LogP contribution in [-0.4, -0.2) is 4.57 Å². The van der Waals surface area contributed by atoms with Crippen molar-refractivity contribution in [3.05, 3.63) is 200 Å². The molecule has 55 heavy (non-hydrogen) atoms. The van der Waals surface area contributed by atoms with Gasteiger partial charge in [0.05, 0.1) is 38.8 Å². The molecule has 2 aromatic heterocycles. The minimum Gasteiger partial charge on any atom is -0.455 e. The van der Waals surface area contributed by atoms with Gasteiger partial charge in [0, 0.05) is 38.3 Å². The first kappa shape index (κ1) is 24.3. The van der Waals surface area contributed by atoms with Crippen molar-refractivity contribution >= 4 is 77.2 Å². The van der Waals surface area contributed by atoms with Crippen molar-refractivity contribution in [2.45, 2.75) is 12.8 Å². The van der Waals surface area contributed by atoms with Gasteiger partial charge in [0.15, 0.2) is 0 Å². The molecule has 8 aromatic carbocycles. The molecule has 3 heteroatoms. The van der Waals surface area contributed by atoms with Gasteiger partial charge in [-0.25, -0.2) is 0 Å². The molecule has 0 fully saturated rings. The summed E-state index contributed by atoms with van der Waals surface area (Å²) in [4.78, 5) is 1.86. The van der Waals surface area contributed by atoms with Crippen molar-refractivity contribution in [1.82, 2.24) is 4.57 Å². The van der Waals surface area contributed by atoms with Gasteiger partial charge in [0.2, 0.25) is 0 Å². The lowest BCUT2D eigenvalue weighted by Gasteiger charge is -2.27. The maximum atomic E-state index is 10.4. The highest BCUT2D eigenvalue weighted by molar-refractivity contribution is 6.22. The Labute approximate surface area is 330 Å². The second kappa shape index (κ2) is 12.8. The highest BCUT2D eigenvalue weighted by atomic mass is 16.3. The van der Waals surface area contributed by atoms with Gasteiger partial charge in [0.25, 0.3) is 0 Å². The Morgan fingerprint density at radius 2 is 1.20 bits per heavy atom. The van der Waals surface area contributed by atoms with Crippen molar-refractivity contribution < 1.29 is 15.4 Å². The summed E-state index contributed by atoms with van der Waals surface area (Å²) in [6.45, 7) is 0. The Morgan fingerprint density at radius 3 is 1.89 bits per heavy atom. The number of rotatable bonds is 6. The first-order valence-corrected chi connectivity index (χ1v) is 18.4. The molecule has 0 aliphatic heterocycles. The SMILES string of the molecule is [2H]c1c([2H])c(-n2c3ccccc3c3ccccc32)c2c(oc3c4c([2H])c([2H])c([2H])c([2H])c4c(N(c4ccc(C5=CC=CCC5)cc4)c4ccc(-c5ccccc5)cc4)c([2H])c32)c1[2H]. The summed E-state index contributed by atoms with van der Waals surface area (Å²) < 4.78 is 83.5. The molecule has 2 heterocycles. The Kier molecular flexibility index (Phi) is 5.64. The number of para-hydroxylation sites is 2. The average Bonchev–Trinajstić information content (AvgIpc) is 3.88. The minimum atomic E-state index is -0.480. The molecule has 0 radical (unpaired) electrons. The standard InChI is InChI=1S/C52H36N2O/c1-3-14-35(15-4-1)37-26-30-39(31-27-37)53(40-32-28-38(29-33-40)36-16-5-2-6-17-36)49-34-45-51-48(24-13-25-50(51)55-52(45)44-21-8-7-20-43(44)49)54-46-22-11-9-18-41(46)42-19-10-12-23-47(42)54/h1-5,7-16,18-34H,6,17H2/i7D,8D,13D,20D,21D,24D,25D,34D. The van der Waals surface area contributed by atoms with E-state index in [2.05, 4.69) is 18.2 Å². The highest BCUT2D eigenvalue weighted by Crippen LogP contribution is 2.47. The predicted octanol–water partition coefficient (Wildman–Crippen LogP) is 14.7. The minimum absolute atomic E-state index is 0.0201. The molecule has 1 aliphatic rings. The molecular formula is C52H36N2O. The quantitative estimate of drug-likeness (QED) is 0.171. The third-order valence-corrected chi connectivity index (χ3v) is 10.7. The summed E-state index contributed by atoms with van der Waals surface area (Å²) in [6, 6.07) is 38.6. The topological polar surface area (TPSA) is 21.3 Å². The molecule has 0 bridgehead atoms. The van der Waals surface area contributed by atoms with Crippen molar-refractivity contribution in [3.63, 3.8) is 0 Å². The Balaban J connectivity index is 1.30. The zero-order valence-electron chi connectivity index (χ0n) is 37.6. The number of furan rings is 1. The molecule has 0 atom stereocenters. The van der Waals surface area contributed by atoms with Crippen LogP contribution in [-0.2, 0) is 0 Å². The summed E-state index contributed by atoms with van der Waals surface area (Å²) in [5, 5.41) is 2.32. The summed E-state index contributed by atoms with van der Waals surface area (Å²) >= 11 is 0.